The smallest absolute Gasteiger partial charge is 0.340 e. The van der Waals surface area contributed by atoms with Crippen LogP contribution in [0.15, 0.2) is 82.5 Å². The summed E-state index contributed by atoms with van der Waals surface area (Å²) in [5.41, 5.74) is 1.37. The van der Waals surface area contributed by atoms with Crippen LogP contribution in [0.3, 0.4) is 0 Å². The van der Waals surface area contributed by atoms with Crippen molar-refractivity contribution in [3.05, 3.63) is 110 Å². The predicted octanol–water partition coefficient (Wildman–Crippen LogP) is 11.3. The number of allylic oxidation sites excluding steroid dienone is 7. The van der Waals surface area contributed by atoms with Gasteiger partial charge in [0.05, 0.1) is 11.2 Å². The summed E-state index contributed by atoms with van der Waals surface area (Å²) in [6, 6.07) is 5.79. The number of aliphatic carboxylic acids is 2. The number of rotatable bonds is 9. The van der Waals surface area contributed by atoms with Crippen LogP contribution < -0.4 is 9.47 Å². The SMILES string of the molecule is CC(C)=CCCC1(C)C=Cc2c(O)c3c(c(CC=C(C)C)c2O1)OC12C(=CCCC1C(C)(C)OC2(CC=C(C)C(=O)O)C(=O)O)C3=O.CC12CCC3C(=CCc4cc(O)ccc43)C1CCC2=O. The molecule has 67 heavy (non-hydrogen) atoms. The molecule has 0 amide bonds. The quantitative estimate of drug-likeness (QED) is 0.139. The predicted molar refractivity (Wildman–Crippen MR) is 256 cm³/mol. The van der Waals surface area contributed by atoms with Crippen molar-refractivity contribution in [3.8, 4) is 23.0 Å². The number of Topliss-reactive ketones (excluding diaryl/α,β-unsaturated/α-hetero) is 2. The van der Waals surface area contributed by atoms with Gasteiger partial charge >= 0.3 is 11.9 Å². The molecule has 1 spiro atoms. The van der Waals surface area contributed by atoms with Crippen molar-refractivity contribution >= 4 is 29.6 Å². The number of ether oxygens (including phenoxy) is 3. The standard InChI is InChI=1S/C38H46O9.C18H20O2/c1-21(2)11-10-18-36(8)19-17-24-29(39)28-30(40)26-12-9-13-27-35(6,7)47-37(34(43)44,20-16-23(5)33(41)42)38(26,27)46-32(28)25(31(24)45-36)15-14-22(3)4;1-18-9-8-14-13-5-3-12(19)10-11(13)2-4-15(14)16(18)6-7-17(18)20/h11-12,14,16-17,19,27,39H,9-10,13,15,18,20H2,1-8H3,(H,41,42)(H,43,44);3-5,10,14,16,19H,2,6-9H2,1H3. The van der Waals surface area contributed by atoms with Crippen molar-refractivity contribution in [3.63, 3.8) is 0 Å². The van der Waals surface area contributed by atoms with E-state index in [0.717, 1.165) is 44.1 Å². The molecule has 0 bridgehead atoms. The first-order valence-corrected chi connectivity index (χ1v) is 23.9. The molecule has 11 heteroatoms. The molecule has 1 saturated heterocycles. The maximum atomic E-state index is 14.7. The minimum atomic E-state index is -2.16. The lowest BCUT2D eigenvalue weighted by Gasteiger charge is -2.50. The summed E-state index contributed by atoms with van der Waals surface area (Å²) >= 11 is 0. The number of hydrogen-bond donors (Lipinski definition) is 4. The van der Waals surface area contributed by atoms with E-state index in [1.165, 1.54) is 35.3 Å². The van der Waals surface area contributed by atoms with Gasteiger partial charge in [-0.3, -0.25) is 9.59 Å². The Hall–Kier alpha value is -5.68. The molecule has 11 nitrogen and oxygen atoms in total. The number of ketones is 2. The van der Waals surface area contributed by atoms with E-state index in [2.05, 4.69) is 25.1 Å². The average molecular weight is 915 g/mol. The summed E-state index contributed by atoms with van der Waals surface area (Å²) in [5.74, 6) is -1.77. The van der Waals surface area contributed by atoms with Gasteiger partial charge in [-0.1, -0.05) is 60.1 Å². The fourth-order valence-electron chi connectivity index (χ4n) is 12.4. The zero-order chi connectivity index (χ0) is 48.6. The first-order chi connectivity index (χ1) is 31.5. The minimum Gasteiger partial charge on any atom is -0.508 e. The van der Waals surface area contributed by atoms with E-state index >= 15 is 0 Å². The Labute approximate surface area is 394 Å². The number of carbonyl (C=O) groups is 4. The van der Waals surface area contributed by atoms with Crippen LogP contribution in [0.4, 0.5) is 0 Å². The molecule has 9 rings (SSSR count). The Morgan fingerprint density at radius 3 is 2.30 bits per heavy atom. The van der Waals surface area contributed by atoms with Crippen LogP contribution in [0.25, 0.3) is 6.08 Å². The topological polar surface area (TPSA) is 177 Å². The third kappa shape index (κ3) is 7.79. The van der Waals surface area contributed by atoms with E-state index < -0.39 is 46.0 Å². The van der Waals surface area contributed by atoms with Gasteiger partial charge in [0.25, 0.3) is 0 Å². The van der Waals surface area contributed by atoms with Crippen molar-refractivity contribution in [2.24, 2.45) is 17.3 Å². The number of carbonyl (C=O) groups excluding carboxylic acids is 2. The first-order valence-electron chi connectivity index (χ1n) is 23.9. The fraction of sp³-hybridized carbons (Fsp3) is 0.500. The van der Waals surface area contributed by atoms with Crippen molar-refractivity contribution in [1.82, 2.24) is 0 Å². The van der Waals surface area contributed by atoms with Gasteiger partial charge in [0.1, 0.15) is 39.9 Å². The normalized spacial score (nSPS) is 30.4. The molecule has 4 N–H and O–H groups in total. The Morgan fingerprint density at radius 1 is 0.881 bits per heavy atom. The van der Waals surface area contributed by atoms with Crippen LogP contribution in [0.2, 0.25) is 0 Å². The van der Waals surface area contributed by atoms with Gasteiger partial charge in [0.2, 0.25) is 5.60 Å². The van der Waals surface area contributed by atoms with E-state index in [4.69, 9.17) is 14.2 Å². The van der Waals surface area contributed by atoms with Crippen LogP contribution in [0.5, 0.6) is 23.0 Å². The van der Waals surface area contributed by atoms with Crippen molar-refractivity contribution in [1.29, 1.82) is 0 Å². The third-order valence-corrected chi connectivity index (χ3v) is 15.9. The molecule has 3 fully saturated rings. The molecular formula is C56H66O11. The van der Waals surface area contributed by atoms with Crippen LogP contribution >= 0.6 is 0 Å². The van der Waals surface area contributed by atoms with Gasteiger partial charge in [0, 0.05) is 46.8 Å². The number of benzene rings is 2. The molecule has 7 aliphatic rings. The van der Waals surface area contributed by atoms with E-state index in [1.54, 1.807) is 32.1 Å². The van der Waals surface area contributed by atoms with E-state index in [1.807, 2.05) is 52.8 Å². The molecule has 356 valence electrons. The zero-order valence-electron chi connectivity index (χ0n) is 40.4. The van der Waals surface area contributed by atoms with Crippen LogP contribution in [-0.4, -0.2) is 66.3 Å². The lowest BCUT2D eigenvalue weighted by atomic mass is 9.60. The third-order valence-electron chi connectivity index (χ3n) is 15.9. The first kappa shape index (κ1) is 47.8. The van der Waals surface area contributed by atoms with E-state index in [-0.39, 0.29) is 40.0 Å². The summed E-state index contributed by atoms with van der Waals surface area (Å²) in [4.78, 5) is 52.3. The van der Waals surface area contributed by atoms with Gasteiger partial charge in [-0.2, -0.15) is 0 Å². The fourth-order valence-corrected chi connectivity index (χ4v) is 12.4. The number of phenolic OH excluding ortho intramolecular Hbond substituents is 2. The van der Waals surface area contributed by atoms with Crippen molar-refractivity contribution in [2.75, 3.05) is 0 Å². The second kappa shape index (κ2) is 17.1. The number of carboxylic acid groups (broad SMARTS) is 2. The van der Waals surface area contributed by atoms with Crippen LogP contribution in [-0.2, 0) is 32.0 Å². The van der Waals surface area contributed by atoms with E-state index in [0.29, 0.717) is 65.9 Å². The average Bonchev–Trinajstić information content (AvgIpc) is 3.68. The highest BCUT2D eigenvalue weighted by atomic mass is 16.6. The van der Waals surface area contributed by atoms with Crippen LogP contribution in [0, 0.1) is 17.3 Å². The van der Waals surface area contributed by atoms with Gasteiger partial charge in [-0.25, -0.2) is 9.59 Å². The molecule has 2 aromatic carbocycles. The zero-order valence-corrected chi connectivity index (χ0v) is 40.4. The highest BCUT2D eigenvalue weighted by Crippen LogP contribution is 2.65. The number of phenols is 2. The molecule has 7 unspecified atom stereocenters. The van der Waals surface area contributed by atoms with Gasteiger partial charge in [0.15, 0.2) is 11.4 Å². The second-order valence-corrected chi connectivity index (χ2v) is 21.3. The summed E-state index contributed by atoms with van der Waals surface area (Å²) in [7, 11) is 0. The number of carboxylic acids is 2. The number of fused-ring (bicyclic) bond motifs is 7. The molecule has 2 aromatic rings. The molecule has 0 radical (unpaired) electrons. The molecule has 3 heterocycles. The van der Waals surface area contributed by atoms with Gasteiger partial charge in [-0.05, 0) is 155 Å². The summed E-state index contributed by atoms with van der Waals surface area (Å²) in [6.45, 7) is 17.1. The second-order valence-electron chi connectivity index (χ2n) is 21.3. The monoisotopic (exact) mass is 914 g/mol. The maximum Gasteiger partial charge on any atom is 0.340 e. The lowest BCUT2D eigenvalue weighted by molar-refractivity contribution is -0.184. The molecule has 3 aliphatic heterocycles. The Bertz CT molecular complexity index is 2650. The molecule has 0 aromatic heterocycles. The Balaban J connectivity index is 0.000000250. The maximum absolute atomic E-state index is 14.7. The number of hydrogen-bond acceptors (Lipinski definition) is 9. The van der Waals surface area contributed by atoms with Gasteiger partial charge < -0.3 is 34.6 Å². The minimum absolute atomic E-state index is 0.0407. The van der Waals surface area contributed by atoms with Gasteiger partial charge in [-0.15, -0.1) is 0 Å². The summed E-state index contributed by atoms with van der Waals surface area (Å²) in [5, 5.41) is 42.1. The lowest BCUT2D eigenvalue weighted by Crippen LogP contribution is -2.66. The molecular weight excluding hydrogens is 849 g/mol. The molecule has 7 atom stereocenters. The number of aromatic hydroxyl groups is 2. The van der Waals surface area contributed by atoms with E-state index in [9.17, 15) is 39.6 Å². The Kier molecular flexibility index (Phi) is 12.2. The highest BCUT2D eigenvalue weighted by Gasteiger charge is 2.77. The Morgan fingerprint density at radius 2 is 1.61 bits per heavy atom. The summed E-state index contributed by atoms with van der Waals surface area (Å²) in [6.07, 6.45) is 20.2. The molecule has 2 saturated carbocycles. The van der Waals surface area contributed by atoms with Crippen molar-refractivity contribution < 1.29 is 53.8 Å². The summed E-state index contributed by atoms with van der Waals surface area (Å²) < 4.78 is 20.2. The largest absolute Gasteiger partial charge is 0.508 e. The van der Waals surface area contributed by atoms with Crippen molar-refractivity contribution in [2.45, 2.75) is 161 Å². The highest BCUT2D eigenvalue weighted by molar-refractivity contribution is 6.17. The van der Waals surface area contributed by atoms with Crippen LogP contribution in [0.1, 0.15) is 159 Å². The molecule has 4 aliphatic carbocycles.